The van der Waals surface area contributed by atoms with Crippen LogP contribution in [0.1, 0.15) is 57.9 Å². The monoisotopic (exact) mass is 373 g/mol. The van der Waals surface area contributed by atoms with Crippen LogP contribution in [0.4, 0.5) is 0 Å². The predicted octanol–water partition coefficient (Wildman–Crippen LogP) is 3.89. The van der Waals surface area contributed by atoms with Crippen molar-refractivity contribution in [3.63, 3.8) is 0 Å². The minimum absolute atomic E-state index is 0.0657. The number of hydrogen-bond acceptors (Lipinski definition) is 3. The Labute approximate surface area is 158 Å². The van der Waals surface area contributed by atoms with Crippen LogP contribution in [0.25, 0.3) is 0 Å². The summed E-state index contributed by atoms with van der Waals surface area (Å²) in [7, 11) is 0. The molecule has 1 aromatic heterocycles. The maximum absolute atomic E-state index is 12.4. The summed E-state index contributed by atoms with van der Waals surface area (Å²) in [4.78, 5) is 14.5. The molecule has 0 aliphatic heterocycles. The highest BCUT2D eigenvalue weighted by molar-refractivity contribution is 7.80. The van der Waals surface area contributed by atoms with Gasteiger partial charge in [-0.05, 0) is 62.0 Å². The van der Waals surface area contributed by atoms with Crippen LogP contribution in [0, 0.1) is 0 Å². The van der Waals surface area contributed by atoms with Crippen LogP contribution in [0.5, 0.6) is 0 Å². The van der Waals surface area contributed by atoms with E-state index in [1.165, 1.54) is 29.7 Å². The van der Waals surface area contributed by atoms with E-state index in [0.29, 0.717) is 5.11 Å². The van der Waals surface area contributed by atoms with Gasteiger partial charge in [0, 0.05) is 4.88 Å². The molecule has 0 bridgehead atoms. The fourth-order valence-corrected chi connectivity index (χ4v) is 4.39. The minimum atomic E-state index is -0.130. The van der Waals surface area contributed by atoms with E-state index < -0.39 is 0 Å². The highest BCUT2D eigenvalue weighted by Crippen LogP contribution is 2.28. The molecule has 0 saturated carbocycles. The molecule has 1 aliphatic rings. The maximum Gasteiger partial charge on any atom is 0.279 e. The maximum atomic E-state index is 12.4. The largest absolute Gasteiger partial charge is 0.355 e. The van der Waals surface area contributed by atoms with Gasteiger partial charge >= 0.3 is 0 Å². The van der Waals surface area contributed by atoms with Crippen LogP contribution >= 0.6 is 23.6 Å². The molecule has 0 spiro atoms. The first-order valence-electron chi connectivity index (χ1n) is 8.67. The Bertz CT molecular complexity index is 719. The van der Waals surface area contributed by atoms with Crippen LogP contribution in [-0.4, -0.2) is 11.0 Å². The average Bonchev–Trinajstić information content (AvgIpc) is 2.91. The summed E-state index contributed by atoms with van der Waals surface area (Å²) in [5.41, 5.74) is 7.98. The number of fused-ring (bicyclic) bond motifs is 1. The van der Waals surface area contributed by atoms with Crippen molar-refractivity contribution in [1.82, 2.24) is 16.2 Å². The lowest BCUT2D eigenvalue weighted by Crippen LogP contribution is -2.47. The van der Waals surface area contributed by atoms with E-state index in [9.17, 15) is 4.79 Å². The molecule has 25 heavy (non-hydrogen) atoms. The third-order valence-corrected chi connectivity index (χ3v) is 5.86. The second kappa shape index (κ2) is 8.45. The number of hydrogen-bond donors (Lipinski definition) is 3. The normalized spacial score (nSPS) is 14.8. The van der Waals surface area contributed by atoms with Crippen molar-refractivity contribution >= 4 is 34.6 Å². The van der Waals surface area contributed by atoms with Gasteiger partial charge in [0.1, 0.15) is 0 Å². The van der Waals surface area contributed by atoms with Crippen LogP contribution in [0.3, 0.4) is 0 Å². The van der Waals surface area contributed by atoms with Crippen molar-refractivity contribution in [2.45, 2.75) is 45.1 Å². The SMILES string of the molecule is CC(NC(=S)NNC(=O)c1cc2c(s1)CCCCC2)c1ccccc1. The van der Waals surface area contributed by atoms with Gasteiger partial charge in [0.25, 0.3) is 5.91 Å². The Morgan fingerprint density at radius 2 is 1.88 bits per heavy atom. The highest BCUT2D eigenvalue weighted by atomic mass is 32.1. The van der Waals surface area contributed by atoms with E-state index in [-0.39, 0.29) is 11.9 Å². The second-order valence-electron chi connectivity index (χ2n) is 6.30. The van der Waals surface area contributed by atoms with Crippen molar-refractivity contribution in [3.8, 4) is 0 Å². The van der Waals surface area contributed by atoms with Crippen molar-refractivity contribution in [2.75, 3.05) is 0 Å². The molecule has 1 amide bonds. The molecule has 3 N–H and O–H groups in total. The van der Waals surface area contributed by atoms with Gasteiger partial charge in [0.15, 0.2) is 5.11 Å². The summed E-state index contributed by atoms with van der Waals surface area (Å²) in [6.07, 6.45) is 5.90. The van der Waals surface area contributed by atoms with E-state index in [2.05, 4.69) is 16.2 Å². The molecule has 0 radical (unpaired) electrons. The summed E-state index contributed by atoms with van der Waals surface area (Å²) >= 11 is 6.87. The van der Waals surface area contributed by atoms with E-state index >= 15 is 0 Å². The van der Waals surface area contributed by atoms with E-state index in [1.54, 1.807) is 11.3 Å². The quantitative estimate of drug-likeness (QED) is 0.434. The minimum Gasteiger partial charge on any atom is -0.355 e. The molecule has 6 heteroatoms. The Kier molecular flexibility index (Phi) is 6.04. The number of rotatable bonds is 3. The molecular formula is C19H23N3OS2. The van der Waals surface area contributed by atoms with Gasteiger partial charge < -0.3 is 5.32 Å². The van der Waals surface area contributed by atoms with Crippen LogP contribution in [0.15, 0.2) is 36.4 Å². The fraction of sp³-hybridized carbons (Fsp3) is 0.368. The Hall–Kier alpha value is -1.92. The molecule has 3 rings (SSSR count). The third kappa shape index (κ3) is 4.80. The molecular weight excluding hydrogens is 350 g/mol. The number of hydrazine groups is 1. The lowest BCUT2D eigenvalue weighted by Gasteiger charge is -2.17. The number of benzene rings is 1. The van der Waals surface area contributed by atoms with Gasteiger partial charge in [-0.2, -0.15) is 0 Å². The Morgan fingerprint density at radius 1 is 1.12 bits per heavy atom. The van der Waals surface area contributed by atoms with Gasteiger partial charge in [-0.1, -0.05) is 36.8 Å². The highest BCUT2D eigenvalue weighted by Gasteiger charge is 2.16. The first-order valence-corrected chi connectivity index (χ1v) is 9.89. The third-order valence-electron chi connectivity index (χ3n) is 4.41. The van der Waals surface area contributed by atoms with Crippen LogP contribution in [-0.2, 0) is 12.8 Å². The number of carbonyl (C=O) groups excluding carboxylic acids is 1. The molecule has 1 unspecified atom stereocenters. The average molecular weight is 374 g/mol. The summed E-state index contributed by atoms with van der Waals surface area (Å²) in [6, 6.07) is 12.1. The number of thiocarbonyl (C=S) groups is 1. The van der Waals surface area contributed by atoms with Crippen LogP contribution < -0.4 is 16.2 Å². The summed E-state index contributed by atoms with van der Waals surface area (Å²) in [6.45, 7) is 2.03. The van der Waals surface area contributed by atoms with E-state index in [0.717, 1.165) is 23.3 Å². The summed E-state index contributed by atoms with van der Waals surface area (Å²) < 4.78 is 0. The summed E-state index contributed by atoms with van der Waals surface area (Å²) in [5.74, 6) is -0.130. The molecule has 0 fully saturated rings. The van der Waals surface area contributed by atoms with Gasteiger partial charge in [-0.25, -0.2) is 0 Å². The van der Waals surface area contributed by atoms with Crippen molar-refractivity contribution in [2.24, 2.45) is 0 Å². The number of aryl methyl sites for hydroxylation is 2. The van der Waals surface area contributed by atoms with Crippen molar-refractivity contribution in [1.29, 1.82) is 0 Å². The first-order chi connectivity index (χ1) is 12.1. The topological polar surface area (TPSA) is 53.2 Å². The molecule has 4 nitrogen and oxygen atoms in total. The zero-order chi connectivity index (χ0) is 17.6. The Balaban J connectivity index is 1.51. The number of amides is 1. The first kappa shape index (κ1) is 17.9. The lowest BCUT2D eigenvalue weighted by atomic mass is 10.1. The molecule has 1 heterocycles. The predicted molar refractivity (Wildman–Crippen MR) is 107 cm³/mol. The zero-order valence-corrected chi connectivity index (χ0v) is 15.9. The molecule has 132 valence electrons. The van der Waals surface area contributed by atoms with Gasteiger partial charge in [0.05, 0.1) is 10.9 Å². The van der Waals surface area contributed by atoms with Gasteiger partial charge in [-0.3, -0.25) is 15.6 Å². The van der Waals surface area contributed by atoms with Gasteiger partial charge in [0.2, 0.25) is 0 Å². The smallest absolute Gasteiger partial charge is 0.279 e. The van der Waals surface area contributed by atoms with Crippen LogP contribution in [0.2, 0.25) is 0 Å². The Morgan fingerprint density at radius 3 is 2.68 bits per heavy atom. The standard InChI is InChI=1S/C19H23N3OS2/c1-13(14-8-4-2-5-9-14)20-19(24)22-21-18(23)17-12-15-10-6-3-7-11-16(15)25-17/h2,4-5,8-9,12-13H,3,6-7,10-11H2,1H3,(H,21,23)(H2,20,22,24). The molecule has 1 aliphatic carbocycles. The molecule has 1 atom stereocenters. The zero-order valence-electron chi connectivity index (χ0n) is 14.3. The van der Waals surface area contributed by atoms with E-state index in [4.69, 9.17) is 12.2 Å². The number of nitrogens with one attached hydrogen (secondary N) is 3. The van der Waals surface area contributed by atoms with Gasteiger partial charge in [-0.15, -0.1) is 11.3 Å². The summed E-state index contributed by atoms with van der Waals surface area (Å²) in [5, 5.41) is 3.57. The second-order valence-corrected chi connectivity index (χ2v) is 7.85. The van der Waals surface area contributed by atoms with Crippen molar-refractivity contribution in [3.05, 3.63) is 57.3 Å². The fourth-order valence-electron chi connectivity index (χ4n) is 3.01. The molecule has 1 aromatic carbocycles. The number of carbonyl (C=O) groups is 1. The van der Waals surface area contributed by atoms with E-state index in [1.807, 2.05) is 43.3 Å². The molecule has 0 saturated heterocycles. The molecule has 2 aromatic rings. The van der Waals surface area contributed by atoms with Crippen molar-refractivity contribution < 1.29 is 4.79 Å². The lowest BCUT2D eigenvalue weighted by molar-refractivity contribution is 0.0947. The number of thiophene rings is 1.